The summed E-state index contributed by atoms with van der Waals surface area (Å²) in [6.45, 7) is 3.52. The first-order valence-electron chi connectivity index (χ1n) is 14.8. The van der Waals surface area contributed by atoms with Gasteiger partial charge in [-0.05, 0) is 44.5 Å². The molecule has 1 aliphatic rings. The van der Waals surface area contributed by atoms with E-state index in [-0.39, 0.29) is 10.8 Å². The molecule has 0 aliphatic carbocycles. The molecule has 0 bridgehead atoms. The van der Waals surface area contributed by atoms with Gasteiger partial charge in [0.2, 0.25) is 16.6 Å². The molecule has 1 fully saturated rings. The van der Waals surface area contributed by atoms with Gasteiger partial charge in [-0.15, -0.1) is 16.0 Å². The molecule has 3 heterocycles. The van der Waals surface area contributed by atoms with Crippen molar-refractivity contribution < 1.29 is 74.1 Å². The van der Waals surface area contributed by atoms with Crippen molar-refractivity contribution in [2.75, 3.05) is 18.9 Å². The van der Waals surface area contributed by atoms with E-state index in [9.17, 15) is 45.6 Å². The monoisotopic (exact) mass is 794 g/mol. The molecule has 1 aliphatic heterocycles. The summed E-state index contributed by atoms with van der Waals surface area (Å²) in [4.78, 5) is 55.6. The van der Waals surface area contributed by atoms with Crippen LogP contribution in [-0.2, 0) is 52.3 Å². The molecule has 290 valence electrons. The molecular weight excluding hydrogens is 761 g/mol. The summed E-state index contributed by atoms with van der Waals surface area (Å²) in [5.41, 5.74) is 11.1. The highest BCUT2D eigenvalue weighted by molar-refractivity contribution is 7.80. The predicted octanol–water partition coefficient (Wildman–Crippen LogP) is -0.249. The number of carbonyl (C=O) groups is 4. The average Bonchev–Trinajstić information content (AvgIpc) is 3.66. The van der Waals surface area contributed by atoms with Crippen LogP contribution in [0.4, 0.5) is 18.3 Å². The standard InChI is InChI=1S/C26H32N8O10S2.C2HF3O2/c1-26(2)21(23(36)34(26)44-46(39,40)41)30-22(35)20(18-14-45-25(28)29-18)31-43-19(24(37)38)13-42-17-7-5-15(6-8-17)16-11-32(3)33(12-16)10-4-9-27;3-2(4,5)1(6)7/h5-8,11-12,14,19,21H,4,9-10,13,27H2,1-3H3,(H4-,28,29,30,35,37,38,39,40,41);(H,6,7)/b31-20-;/t19-,21?;/m0./s1. The zero-order valence-electron chi connectivity index (χ0n) is 27.8. The lowest BCUT2D eigenvalue weighted by Crippen LogP contribution is -2.76. The Morgan fingerprint density at radius 1 is 1.21 bits per heavy atom. The largest absolute Gasteiger partial charge is 0.724 e. The average molecular weight is 795 g/mol. The number of hydrogen-bond donors (Lipinski definition) is 5. The highest BCUT2D eigenvalue weighted by Crippen LogP contribution is 2.33. The van der Waals surface area contributed by atoms with E-state index in [4.69, 9.17) is 30.9 Å². The summed E-state index contributed by atoms with van der Waals surface area (Å²) in [6, 6.07) is 5.59. The number of amides is 2. The molecule has 0 spiro atoms. The van der Waals surface area contributed by atoms with Crippen molar-refractivity contribution in [3.8, 4) is 16.9 Å². The van der Waals surface area contributed by atoms with Gasteiger partial charge in [0.25, 0.3) is 17.9 Å². The summed E-state index contributed by atoms with van der Waals surface area (Å²) >= 11 is 0.954. The van der Waals surface area contributed by atoms with Crippen LogP contribution in [0.1, 0.15) is 26.0 Å². The van der Waals surface area contributed by atoms with Crippen LogP contribution < -0.4 is 26.2 Å². The van der Waals surface area contributed by atoms with Crippen molar-refractivity contribution >= 4 is 56.3 Å². The summed E-state index contributed by atoms with van der Waals surface area (Å²) < 4.78 is 78.4. The van der Waals surface area contributed by atoms with Crippen molar-refractivity contribution in [2.24, 2.45) is 17.9 Å². The van der Waals surface area contributed by atoms with E-state index in [0.717, 1.165) is 35.4 Å². The molecule has 1 aromatic carbocycles. The molecule has 0 saturated carbocycles. The van der Waals surface area contributed by atoms with Gasteiger partial charge in [0, 0.05) is 5.38 Å². The topological polar surface area (TPSA) is 295 Å². The number of rotatable bonds is 15. The number of carboxylic acids is 2. The van der Waals surface area contributed by atoms with Crippen molar-refractivity contribution in [1.82, 2.24) is 20.0 Å². The minimum absolute atomic E-state index is 0.0539. The second kappa shape index (κ2) is 17.0. The summed E-state index contributed by atoms with van der Waals surface area (Å²) in [7, 11) is -3.34. The molecule has 25 heteroatoms. The van der Waals surface area contributed by atoms with Gasteiger partial charge in [-0.2, -0.15) is 27.2 Å². The molecule has 3 aromatic rings. The molecular formula is C28H33F3N8O12S2. The van der Waals surface area contributed by atoms with Crippen LogP contribution in [0.15, 0.2) is 47.2 Å². The third kappa shape index (κ3) is 11.3. The molecule has 2 amide bonds. The van der Waals surface area contributed by atoms with Gasteiger partial charge in [0.1, 0.15) is 24.1 Å². The maximum Gasteiger partial charge on any atom is 0.490 e. The van der Waals surface area contributed by atoms with Gasteiger partial charge in [0.05, 0.1) is 23.8 Å². The van der Waals surface area contributed by atoms with Crippen LogP contribution >= 0.6 is 11.3 Å². The van der Waals surface area contributed by atoms with Crippen LogP contribution in [0, 0.1) is 0 Å². The van der Waals surface area contributed by atoms with E-state index in [1.165, 1.54) is 19.2 Å². The molecule has 1 saturated heterocycles. The molecule has 0 radical (unpaired) electrons. The fraction of sp³-hybridized carbons (Fsp3) is 0.393. The molecule has 53 heavy (non-hydrogen) atoms. The van der Waals surface area contributed by atoms with Crippen molar-refractivity contribution in [3.63, 3.8) is 0 Å². The zero-order chi connectivity index (χ0) is 39.9. The van der Waals surface area contributed by atoms with Gasteiger partial charge in [-0.1, -0.05) is 17.3 Å². The van der Waals surface area contributed by atoms with E-state index >= 15 is 0 Å². The lowest BCUT2D eigenvalue weighted by molar-refractivity contribution is -0.753. The number of hydrogen-bond acceptors (Lipinski definition) is 15. The van der Waals surface area contributed by atoms with E-state index < -0.39 is 70.3 Å². The van der Waals surface area contributed by atoms with Gasteiger partial charge >= 0.3 is 18.1 Å². The van der Waals surface area contributed by atoms with Gasteiger partial charge in [-0.25, -0.2) is 23.0 Å². The van der Waals surface area contributed by atoms with Crippen molar-refractivity contribution in [1.29, 1.82) is 0 Å². The highest BCUT2D eigenvalue weighted by atomic mass is 32.3. The number of β-lactam (4-membered cyclic amide) rings is 1. The quantitative estimate of drug-likeness (QED) is 0.0331. The zero-order valence-corrected chi connectivity index (χ0v) is 29.5. The van der Waals surface area contributed by atoms with Crippen LogP contribution in [-0.4, -0.2) is 104 Å². The fourth-order valence-corrected chi connectivity index (χ4v) is 5.38. The molecule has 4 rings (SSSR count). The second-order valence-electron chi connectivity index (χ2n) is 11.3. The Balaban J connectivity index is 0.000000980. The van der Waals surface area contributed by atoms with Gasteiger partial charge in [-0.3, -0.25) is 9.59 Å². The first-order valence-corrected chi connectivity index (χ1v) is 17.0. The van der Waals surface area contributed by atoms with Crippen LogP contribution in [0.3, 0.4) is 0 Å². The lowest BCUT2D eigenvalue weighted by atomic mass is 9.84. The maximum absolute atomic E-state index is 13.2. The van der Waals surface area contributed by atoms with E-state index in [2.05, 4.69) is 19.7 Å². The minimum atomic E-state index is -5.26. The van der Waals surface area contributed by atoms with Crippen LogP contribution in [0.5, 0.6) is 5.75 Å². The Morgan fingerprint density at radius 3 is 2.32 bits per heavy atom. The van der Waals surface area contributed by atoms with Crippen LogP contribution in [0.25, 0.3) is 11.1 Å². The molecule has 2 atom stereocenters. The number of aromatic nitrogens is 3. The Hall–Kier alpha value is -5.37. The number of ether oxygens (including phenoxy) is 1. The van der Waals surface area contributed by atoms with E-state index in [0.29, 0.717) is 17.4 Å². The number of anilines is 1. The van der Waals surface area contributed by atoms with E-state index in [1.54, 1.807) is 12.1 Å². The Labute approximate surface area is 302 Å². The molecule has 7 N–H and O–H groups in total. The summed E-state index contributed by atoms with van der Waals surface area (Å²) in [5, 5.41) is 24.6. The number of hydroxylamine groups is 2. The smallest absolute Gasteiger partial charge is 0.490 e. The fourth-order valence-electron chi connectivity index (χ4n) is 4.38. The number of halogens is 3. The highest BCUT2D eigenvalue weighted by Gasteiger charge is 2.57. The van der Waals surface area contributed by atoms with Gasteiger partial charge in [0.15, 0.2) is 17.9 Å². The Morgan fingerprint density at radius 2 is 1.83 bits per heavy atom. The number of benzene rings is 1. The molecule has 20 nitrogen and oxygen atoms in total. The number of alkyl halides is 3. The van der Waals surface area contributed by atoms with Crippen molar-refractivity contribution in [3.05, 3.63) is 47.7 Å². The second-order valence-corrected chi connectivity index (χ2v) is 13.2. The first kappa shape index (κ1) is 42.0. The lowest BCUT2D eigenvalue weighted by Gasteiger charge is -2.51. The molecule has 1 unspecified atom stereocenters. The number of nitrogens with zero attached hydrogens (tertiary/aromatic N) is 5. The van der Waals surface area contributed by atoms with Crippen molar-refractivity contribution in [2.45, 2.75) is 50.7 Å². The Bertz CT molecular complexity index is 1950. The molecule has 2 aromatic heterocycles. The number of nitrogens with two attached hydrogens (primary N) is 2. The third-order valence-electron chi connectivity index (χ3n) is 7.09. The Kier molecular flexibility index (Phi) is 13.5. The SMILES string of the molecule is C[n+]1cc(-c2ccc(OC[C@H](O/N=C(\C(=O)NC3C(=O)N(OS(=O)(=O)[O-])C3(C)C)c3csc(N)n3)C(=O)O)cc2)cn1CCCN.O=C(O)C(F)(F)F. The minimum Gasteiger partial charge on any atom is -0.724 e. The normalized spacial score (nSPS) is 16.2. The number of nitrogens with one attached hydrogen (secondary N) is 1. The number of carboxylic acid groups (broad SMARTS) is 2. The summed E-state index contributed by atoms with van der Waals surface area (Å²) in [5.74, 6) is -5.93. The number of oxime groups is 1. The van der Waals surface area contributed by atoms with E-state index in [1.807, 2.05) is 40.9 Å². The first-order chi connectivity index (χ1) is 24.5. The van der Waals surface area contributed by atoms with Crippen LogP contribution in [0.2, 0.25) is 0 Å². The number of aryl methyl sites for hydroxylation is 2. The third-order valence-corrected chi connectivity index (χ3v) is 8.09. The number of thiazole rings is 1. The van der Waals surface area contributed by atoms with Gasteiger partial charge < -0.3 is 41.1 Å². The number of carbonyl (C=O) groups excluding carboxylic acids is 2. The maximum atomic E-state index is 13.2. The summed E-state index contributed by atoms with van der Waals surface area (Å²) in [6.07, 6.45) is -1.98. The predicted molar refractivity (Wildman–Crippen MR) is 173 cm³/mol. The number of aliphatic carboxylic acids is 2. The number of nitrogen functional groups attached to an aromatic ring is 1.